The number of aromatic nitrogens is 4. The predicted molar refractivity (Wildman–Crippen MR) is 91.6 cm³/mol. The first-order chi connectivity index (χ1) is 11.7. The smallest absolute Gasteiger partial charge is 0.172 e. The summed E-state index contributed by atoms with van der Waals surface area (Å²) in [5, 5.41) is 9.64. The fraction of sp³-hybridized carbons (Fsp3) is 0.167. The van der Waals surface area contributed by atoms with Crippen molar-refractivity contribution in [3.8, 4) is 22.9 Å². The third kappa shape index (κ3) is 2.07. The van der Waals surface area contributed by atoms with Crippen LogP contribution in [0.3, 0.4) is 0 Å². The summed E-state index contributed by atoms with van der Waals surface area (Å²) in [5.41, 5.74) is 2.54. The van der Waals surface area contributed by atoms with Crippen molar-refractivity contribution >= 4 is 16.6 Å². The molecule has 0 aliphatic rings. The lowest BCUT2D eigenvalue weighted by Crippen LogP contribution is -2.00. The quantitative estimate of drug-likeness (QED) is 0.580. The van der Waals surface area contributed by atoms with Gasteiger partial charge in [-0.25, -0.2) is 4.98 Å². The summed E-state index contributed by atoms with van der Waals surface area (Å²) in [6, 6.07) is 13.7. The van der Waals surface area contributed by atoms with Crippen LogP contribution in [-0.4, -0.2) is 33.8 Å². The SMILES string of the molecule is COc1cc2nc(C)n3c(-c4ccccc4)nnc3c2cc1OC. The van der Waals surface area contributed by atoms with Gasteiger partial charge in [-0.1, -0.05) is 30.3 Å². The van der Waals surface area contributed by atoms with Gasteiger partial charge in [0.1, 0.15) is 5.82 Å². The van der Waals surface area contributed by atoms with Crippen molar-refractivity contribution in [1.82, 2.24) is 19.6 Å². The van der Waals surface area contributed by atoms with E-state index in [1.165, 1.54) is 0 Å². The van der Waals surface area contributed by atoms with Crippen LogP contribution in [-0.2, 0) is 0 Å². The molecule has 0 saturated heterocycles. The average molecular weight is 320 g/mol. The lowest BCUT2D eigenvalue weighted by atomic mass is 10.2. The minimum atomic E-state index is 0.641. The topological polar surface area (TPSA) is 61.5 Å². The van der Waals surface area contributed by atoms with Crippen molar-refractivity contribution in [3.05, 3.63) is 48.3 Å². The highest BCUT2D eigenvalue weighted by molar-refractivity contribution is 5.94. The number of ether oxygens (including phenoxy) is 2. The summed E-state index contributed by atoms with van der Waals surface area (Å²) in [4.78, 5) is 4.69. The monoisotopic (exact) mass is 320 g/mol. The van der Waals surface area contributed by atoms with Crippen LogP contribution in [0.15, 0.2) is 42.5 Å². The van der Waals surface area contributed by atoms with E-state index in [0.717, 1.165) is 33.8 Å². The molecule has 24 heavy (non-hydrogen) atoms. The van der Waals surface area contributed by atoms with E-state index in [1.807, 2.05) is 53.8 Å². The lowest BCUT2D eigenvalue weighted by molar-refractivity contribution is 0.356. The third-order valence-corrected chi connectivity index (χ3v) is 4.04. The third-order valence-electron chi connectivity index (χ3n) is 4.04. The average Bonchev–Trinajstić information content (AvgIpc) is 3.07. The first-order valence-corrected chi connectivity index (χ1v) is 7.56. The molecule has 0 bridgehead atoms. The maximum Gasteiger partial charge on any atom is 0.172 e. The second-order valence-electron chi connectivity index (χ2n) is 5.43. The number of benzene rings is 2. The normalized spacial score (nSPS) is 11.1. The molecule has 4 rings (SSSR count). The van der Waals surface area contributed by atoms with Crippen molar-refractivity contribution in [2.75, 3.05) is 14.2 Å². The minimum absolute atomic E-state index is 0.641. The molecule has 6 heteroatoms. The minimum Gasteiger partial charge on any atom is -0.493 e. The van der Waals surface area contributed by atoms with Crippen LogP contribution < -0.4 is 9.47 Å². The number of hydrogen-bond acceptors (Lipinski definition) is 5. The van der Waals surface area contributed by atoms with Crippen LogP contribution in [0.1, 0.15) is 5.82 Å². The molecule has 0 saturated carbocycles. The molecule has 0 amide bonds. The molecule has 6 nitrogen and oxygen atoms in total. The van der Waals surface area contributed by atoms with Gasteiger partial charge >= 0.3 is 0 Å². The summed E-state index contributed by atoms with van der Waals surface area (Å²) in [6.45, 7) is 1.94. The van der Waals surface area contributed by atoms with Crippen molar-refractivity contribution in [2.24, 2.45) is 0 Å². The number of methoxy groups -OCH3 is 2. The van der Waals surface area contributed by atoms with Gasteiger partial charge in [0.2, 0.25) is 0 Å². The Morgan fingerprint density at radius 1 is 0.917 bits per heavy atom. The van der Waals surface area contributed by atoms with E-state index in [4.69, 9.17) is 14.5 Å². The standard InChI is InChI=1S/C18H16N4O2/c1-11-19-14-10-16(24-3)15(23-2)9-13(14)18-21-20-17(22(11)18)12-7-5-4-6-8-12/h4-10H,1-3H3. The maximum atomic E-state index is 5.40. The van der Waals surface area contributed by atoms with E-state index in [2.05, 4.69) is 10.2 Å². The van der Waals surface area contributed by atoms with Crippen LogP contribution in [0, 0.1) is 6.92 Å². The predicted octanol–water partition coefficient (Wildman–Crippen LogP) is 3.27. The zero-order chi connectivity index (χ0) is 16.7. The molecule has 0 aliphatic carbocycles. The molecular weight excluding hydrogens is 304 g/mol. The molecule has 2 aromatic carbocycles. The maximum absolute atomic E-state index is 5.40. The van der Waals surface area contributed by atoms with Gasteiger partial charge in [0.05, 0.1) is 19.7 Å². The fourth-order valence-electron chi connectivity index (χ4n) is 2.90. The summed E-state index contributed by atoms with van der Waals surface area (Å²) in [5.74, 6) is 2.87. The summed E-state index contributed by atoms with van der Waals surface area (Å²) >= 11 is 0. The van der Waals surface area contributed by atoms with Crippen molar-refractivity contribution in [1.29, 1.82) is 0 Å². The highest BCUT2D eigenvalue weighted by Crippen LogP contribution is 2.34. The first-order valence-electron chi connectivity index (χ1n) is 7.56. The Bertz CT molecular complexity index is 1040. The van der Waals surface area contributed by atoms with Gasteiger partial charge in [-0.2, -0.15) is 0 Å². The second-order valence-corrected chi connectivity index (χ2v) is 5.43. The Balaban J connectivity index is 2.07. The van der Waals surface area contributed by atoms with Gasteiger partial charge in [-0.3, -0.25) is 4.40 Å². The molecule has 0 aliphatic heterocycles. The Morgan fingerprint density at radius 3 is 2.33 bits per heavy atom. The number of nitrogens with zero attached hydrogens (tertiary/aromatic N) is 4. The highest BCUT2D eigenvalue weighted by atomic mass is 16.5. The lowest BCUT2D eigenvalue weighted by Gasteiger charge is -2.11. The fourth-order valence-corrected chi connectivity index (χ4v) is 2.90. The van der Waals surface area contributed by atoms with Gasteiger partial charge in [-0.15, -0.1) is 10.2 Å². The van der Waals surface area contributed by atoms with Gasteiger partial charge in [0.25, 0.3) is 0 Å². The molecule has 2 heterocycles. The summed E-state index contributed by atoms with van der Waals surface area (Å²) in [7, 11) is 3.22. The van der Waals surface area contributed by atoms with E-state index in [0.29, 0.717) is 11.5 Å². The molecule has 0 spiro atoms. The van der Waals surface area contributed by atoms with E-state index in [-0.39, 0.29) is 0 Å². The zero-order valence-electron chi connectivity index (χ0n) is 13.6. The van der Waals surface area contributed by atoms with Gasteiger partial charge < -0.3 is 9.47 Å². The van der Waals surface area contributed by atoms with Gasteiger partial charge in [0.15, 0.2) is 23.0 Å². The van der Waals surface area contributed by atoms with E-state index in [9.17, 15) is 0 Å². The Kier molecular flexibility index (Phi) is 3.30. The molecular formula is C18H16N4O2. The van der Waals surface area contributed by atoms with E-state index >= 15 is 0 Å². The molecule has 0 radical (unpaired) electrons. The molecule has 0 N–H and O–H groups in total. The summed E-state index contributed by atoms with van der Waals surface area (Å²) in [6.07, 6.45) is 0. The molecule has 4 aromatic rings. The first kappa shape index (κ1) is 14.4. The van der Waals surface area contributed by atoms with Crippen LogP contribution in [0.4, 0.5) is 0 Å². The van der Waals surface area contributed by atoms with Crippen molar-refractivity contribution in [3.63, 3.8) is 0 Å². The molecule has 0 atom stereocenters. The molecule has 120 valence electrons. The number of hydrogen-bond donors (Lipinski definition) is 0. The van der Waals surface area contributed by atoms with Crippen LogP contribution in [0.5, 0.6) is 11.5 Å². The summed E-state index contributed by atoms with van der Waals surface area (Å²) < 4.78 is 12.7. The number of rotatable bonds is 3. The Hall–Kier alpha value is -3.15. The van der Waals surface area contributed by atoms with Crippen molar-refractivity contribution in [2.45, 2.75) is 6.92 Å². The van der Waals surface area contributed by atoms with Crippen LogP contribution in [0.25, 0.3) is 27.9 Å². The second kappa shape index (κ2) is 5.49. The van der Waals surface area contributed by atoms with E-state index in [1.54, 1.807) is 14.2 Å². The number of aryl methyl sites for hydroxylation is 1. The highest BCUT2D eigenvalue weighted by Gasteiger charge is 2.16. The Morgan fingerprint density at radius 2 is 1.62 bits per heavy atom. The largest absolute Gasteiger partial charge is 0.493 e. The zero-order valence-corrected chi connectivity index (χ0v) is 13.6. The molecule has 0 fully saturated rings. The Labute approximate surface area is 138 Å². The molecule has 0 unspecified atom stereocenters. The van der Waals surface area contributed by atoms with Crippen molar-refractivity contribution < 1.29 is 9.47 Å². The van der Waals surface area contributed by atoms with E-state index < -0.39 is 0 Å². The van der Waals surface area contributed by atoms with Crippen LogP contribution >= 0.6 is 0 Å². The van der Waals surface area contributed by atoms with Crippen LogP contribution in [0.2, 0.25) is 0 Å². The molecule has 2 aromatic heterocycles. The van der Waals surface area contributed by atoms with Gasteiger partial charge in [-0.05, 0) is 13.0 Å². The number of fused-ring (bicyclic) bond motifs is 3. The van der Waals surface area contributed by atoms with Gasteiger partial charge in [0, 0.05) is 17.0 Å².